The van der Waals surface area contributed by atoms with Crippen LogP contribution in [0.4, 0.5) is 11.4 Å². The fourth-order valence-electron chi connectivity index (χ4n) is 1.82. The average molecular weight is 204 g/mol. The predicted molar refractivity (Wildman–Crippen MR) is 57.9 cm³/mol. The number of nitrogens with one attached hydrogen (secondary N) is 1. The van der Waals surface area contributed by atoms with Gasteiger partial charge in [-0.3, -0.25) is 14.5 Å². The molecule has 0 bridgehead atoms. The van der Waals surface area contributed by atoms with Crippen molar-refractivity contribution in [3.05, 3.63) is 23.8 Å². The highest BCUT2D eigenvalue weighted by atomic mass is 16.2. The zero-order valence-corrected chi connectivity index (χ0v) is 8.70. The summed E-state index contributed by atoms with van der Waals surface area (Å²) in [5.41, 5.74) is 2.57. The van der Waals surface area contributed by atoms with Gasteiger partial charge in [0, 0.05) is 19.7 Å². The summed E-state index contributed by atoms with van der Waals surface area (Å²) in [6.07, 6.45) is 0.310. The molecule has 0 saturated carbocycles. The third-order valence-corrected chi connectivity index (χ3v) is 2.52. The molecule has 1 aromatic rings. The molecule has 4 heteroatoms. The van der Waals surface area contributed by atoms with Gasteiger partial charge in [0.05, 0.1) is 12.1 Å². The van der Waals surface area contributed by atoms with Gasteiger partial charge in [0.15, 0.2) is 0 Å². The SMILES string of the molecule is CNc1ccc2c(c1)CC(=O)N2C(C)=O. The number of fused-ring (bicyclic) bond motifs is 1. The number of hydrogen-bond acceptors (Lipinski definition) is 3. The standard InChI is InChI=1S/C11H12N2O2/c1-7(14)13-10-4-3-9(12-2)5-8(10)6-11(13)15/h3-5,12H,6H2,1-2H3. The van der Waals surface area contributed by atoms with Crippen LogP contribution in [0.2, 0.25) is 0 Å². The van der Waals surface area contributed by atoms with Crippen molar-refractivity contribution in [1.29, 1.82) is 0 Å². The van der Waals surface area contributed by atoms with Gasteiger partial charge >= 0.3 is 0 Å². The van der Waals surface area contributed by atoms with E-state index in [0.717, 1.165) is 11.3 Å². The molecule has 1 N–H and O–H groups in total. The van der Waals surface area contributed by atoms with Gasteiger partial charge in [-0.25, -0.2) is 0 Å². The topological polar surface area (TPSA) is 49.4 Å². The zero-order valence-electron chi connectivity index (χ0n) is 8.70. The van der Waals surface area contributed by atoms with Crippen LogP contribution < -0.4 is 10.2 Å². The summed E-state index contributed by atoms with van der Waals surface area (Å²) in [5, 5.41) is 3.00. The quantitative estimate of drug-likeness (QED) is 0.746. The van der Waals surface area contributed by atoms with Crippen molar-refractivity contribution in [2.24, 2.45) is 0 Å². The number of carbonyl (C=O) groups is 2. The summed E-state index contributed by atoms with van der Waals surface area (Å²) in [5.74, 6) is -0.373. The third kappa shape index (κ3) is 1.48. The van der Waals surface area contributed by atoms with E-state index in [9.17, 15) is 9.59 Å². The summed E-state index contributed by atoms with van der Waals surface area (Å²) in [6.45, 7) is 1.40. The molecule has 2 amide bonds. The Labute approximate surface area is 87.9 Å². The minimum atomic E-state index is -0.226. The second kappa shape index (κ2) is 3.38. The predicted octanol–water partition coefficient (Wildman–Crippen LogP) is 1.16. The van der Waals surface area contributed by atoms with Crippen LogP contribution in [0.3, 0.4) is 0 Å². The van der Waals surface area contributed by atoms with E-state index in [-0.39, 0.29) is 11.8 Å². The van der Waals surface area contributed by atoms with Gasteiger partial charge in [0.1, 0.15) is 0 Å². The van der Waals surface area contributed by atoms with Crippen LogP contribution in [0.25, 0.3) is 0 Å². The lowest BCUT2D eigenvalue weighted by molar-refractivity contribution is -0.124. The first-order chi connectivity index (χ1) is 7.13. The largest absolute Gasteiger partial charge is 0.388 e. The Balaban J connectivity index is 2.47. The highest BCUT2D eigenvalue weighted by Crippen LogP contribution is 2.31. The highest BCUT2D eigenvalue weighted by Gasteiger charge is 2.30. The number of anilines is 2. The van der Waals surface area contributed by atoms with E-state index in [1.54, 1.807) is 6.07 Å². The van der Waals surface area contributed by atoms with Crippen molar-refractivity contribution < 1.29 is 9.59 Å². The molecule has 4 nitrogen and oxygen atoms in total. The maximum Gasteiger partial charge on any atom is 0.238 e. The molecule has 0 spiro atoms. The lowest BCUT2D eigenvalue weighted by atomic mass is 10.1. The molecule has 0 aromatic heterocycles. The van der Waals surface area contributed by atoms with E-state index in [2.05, 4.69) is 5.32 Å². The van der Waals surface area contributed by atoms with Crippen LogP contribution in [0.15, 0.2) is 18.2 Å². The van der Waals surface area contributed by atoms with Gasteiger partial charge in [-0.05, 0) is 23.8 Å². The van der Waals surface area contributed by atoms with Crippen molar-refractivity contribution in [2.45, 2.75) is 13.3 Å². The zero-order chi connectivity index (χ0) is 11.0. The van der Waals surface area contributed by atoms with Crippen LogP contribution >= 0.6 is 0 Å². The first-order valence-electron chi connectivity index (χ1n) is 4.77. The van der Waals surface area contributed by atoms with Crippen LogP contribution in [0.5, 0.6) is 0 Å². The first-order valence-corrected chi connectivity index (χ1v) is 4.77. The molecule has 2 rings (SSSR count). The molecule has 0 atom stereocenters. The van der Waals surface area contributed by atoms with Gasteiger partial charge < -0.3 is 5.32 Å². The number of rotatable bonds is 1. The normalized spacial score (nSPS) is 14.0. The van der Waals surface area contributed by atoms with Crippen LogP contribution in [-0.4, -0.2) is 18.9 Å². The Hall–Kier alpha value is -1.84. The molecule has 1 aliphatic heterocycles. The van der Waals surface area contributed by atoms with Crippen molar-refractivity contribution in [3.63, 3.8) is 0 Å². The number of imide groups is 1. The summed E-state index contributed by atoms with van der Waals surface area (Å²) in [4.78, 5) is 24.1. The minimum Gasteiger partial charge on any atom is -0.388 e. The van der Waals surface area contributed by atoms with Crippen LogP contribution in [0, 0.1) is 0 Å². The molecule has 78 valence electrons. The number of nitrogens with zero attached hydrogens (tertiary/aromatic N) is 1. The molecule has 1 aliphatic rings. The molecule has 0 saturated heterocycles. The maximum absolute atomic E-state index is 11.6. The highest BCUT2D eigenvalue weighted by molar-refractivity contribution is 6.18. The van der Waals surface area contributed by atoms with Crippen molar-refractivity contribution in [1.82, 2.24) is 0 Å². The van der Waals surface area contributed by atoms with Gasteiger partial charge in [-0.15, -0.1) is 0 Å². The Morgan fingerprint density at radius 1 is 1.47 bits per heavy atom. The van der Waals surface area contributed by atoms with Gasteiger partial charge in [-0.1, -0.05) is 0 Å². The second-order valence-electron chi connectivity index (χ2n) is 3.52. The fourth-order valence-corrected chi connectivity index (χ4v) is 1.82. The van der Waals surface area contributed by atoms with E-state index in [4.69, 9.17) is 0 Å². The summed E-state index contributed by atoms with van der Waals surface area (Å²) in [7, 11) is 1.82. The van der Waals surface area contributed by atoms with E-state index < -0.39 is 0 Å². The van der Waals surface area contributed by atoms with E-state index in [0.29, 0.717) is 12.1 Å². The Morgan fingerprint density at radius 2 is 2.20 bits per heavy atom. The van der Waals surface area contributed by atoms with Crippen molar-refractivity contribution >= 4 is 23.2 Å². The molecule has 1 aromatic carbocycles. The molecule has 15 heavy (non-hydrogen) atoms. The Bertz CT molecular complexity index is 440. The van der Waals surface area contributed by atoms with E-state index >= 15 is 0 Å². The van der Waals surface area contributed by atoms with E-state index in [1.165, 1.54) is 11.8 Å². The second-order valence-corrected chi connectivity index (χ2v) is 3.52. The molecule has 0 fully saturated rings. The molecule has 0 radical (unpaired) electrons. The minimum absolute atomic E-state index is 0.147. The number of carbonyl (C=O) groups excluding carboxylic acids is 2. The van der Waals surface area contributed by atoms with Crippen molar-refractivity contribution in [2.75, 3.05) is 17.3 Å². The smallest absolute Gasteiger partial charge is 0.238 e. The van der Waals surface area contributed by atoms with Gasteiger partial charge in [-0.2, -0.15) is 0 Å². The number of benzene rings is 1. The van der Waals surface area contributed by atoms with Crippen molar-refractivity contribution in [3.8, 4) is 0 Å². The maximum atomic E-state index is 11.6. The number of amides is 2. The molecule has 0 unspecified atom stereocenters. The number of hydrogen-bond donors (Lipinski definition) is 1. The van der Waals surface area contributed by atoms with Gasteiger partial charge in [0.25, 0.3) is 0 Å². The van der Waals surface area contributed by atoms with Gasteiger partial charge in [0.2, 0.25) is 11.8 Å². The molecule has 0 aliphatic carbocycles. The summed E-state index contributed by atoms with van der Waals surface area (Å²) in [6, 6.07) is 5.55. The third-order valence-electron chi connectivity index (χ3n) is 2.52. The Kier molecular flexibility index (Phi) is 2.19. The summed E-state index contributed by atoms with van der Waals surface area (Å²) >= 11 is 0. The average Bonchev–Trinajstić information content (AvgIpc) is 2.52. The molecular weight excluding hydrogens is 192 g/mol. The van der Waals surface area contributed by atoms with Crippen LogP contribution in [-0.2, 0) is 16.0 Å². The lowest BCUT2D eigenvalue weighted by Crippen LogP contribution is -2.31. The van der Waals surface area contributed by atoms with Crippen LogP contribution in [0.1, 0.15) is 12.5 Å². The fraction of sp³-hybridized carbons (Fsp3) is 0.273. The monoisotopic (exact) mass is 204 g/mol. The summed E-state index contributed by atoms with van der Waals surface area (Å²) < 4.78 is 0. The Morgan fingerprint density at radius 3 is 2.80 bits per heavy atom. The molecular formula is C11H12N2O2. The lowest BCUT2D eigenvalue weighted by Gasteiger charge is -2.12. The first kappa shape index (κ1) is 9.71. The van der Waals surface area contributed by atoms with E-state index in [1.807, 2.05) is 19.2 Å². The molecule has 1 heterocycles.